The molecule has 0 N–H and O–H groups in total. The van der Waals surface area contributed by atoms with Crippen molar-refractivity contribution < 1.29 is 13.2 Å². The summed E-state index contributed by atoms with van der Waals surface area (Å²) in [7, 11) is 0. The number of hydrogen-bond donors (Lipinski definition) is 0. The monoisotopic (exact) mass is 444 g/mol. The quantitative estimate of drug-likeness (QED) is 0.308. The van der Waals surface area contributed by atoms with Crippen molar-refractivity contribution in [2.45, 2.75) is 20.0 Å². The Hall–Kier alpha value is -4.00. The number of aryl methyl sites for hydroxylation is 2. The maximum absolute atomic E-state index is 14.4. The van der Waals surface area contributed by atoms with Crippen molar-refractivity contribution in [2.24, 2.45) is 0 Å². The Balaban J connectivity index is 1.89. The Morgan fingerprint density at radius 1 is 0.788 bits per heavy atom. The van der Waals surface area contributed by atoms with Gasteiger partial charge in [0.1, 0.15) is 5.69 Å². The lowest BCUT2D eigenvalue weighted by atomic mass is 10.0. The number of hydrogen-bond acceptors (Lipinski definition) is 3. The van der Waals surface area contributed by atoms with Gasteiger partial charge in [0, 0.05) is 11.8 Å². The van der Waals surface area contributed by atoms with Crippen LogP contribution in [0.1, 0.15) is 16.7 Å². The van der Waals surface area contributed by atoms with Crippen molar-refractivity contribution in [1.29, 1.82) is 0 Å². The van der Waals surface area contributed by atoms with E-state index in [1.54, 1.807) is 30.3 Å². The summed E-state index contributed by atoms with van der Waals surface area (Å²) in [6, 6.07) is 20.8. The molecule has 0 unspecified atom stereocenters. The number of halogens is 3. The van der Waals surface area contributed by atoms with Crippen LogP contribution in [0.5, 0.6) is 0 Å². The van der Waals surface area contributed by atoms with Crippen molar-refractivity contribution in [2.75, 3.05) is 0 Å². The molecule has 5 aromatic rings. The van der Waals surface area contributed by atoms with E-state index in [0.717, 1.165) is 17.2 Å². The van der Waals surface area contributed by atoms with Crippen LogP contribution in [0.3, 0.4) is 0 Å². The van der Waals surface area contributed by atoms with Crippen LogP contribution in [-0.4, -0.2) is 19.7 Å². The average Bonchev–Trinajstić information content (AvgIpc) is 3.19. The second-order valence-corrected chi connectivity index (χ2v) is 7.93. The summed E-state index contributed by atoms with van der Waals surface area (Å²) >= 11 is 0. The summed E-state index contributed by atoms with van der Waals surface area (Å²) in [6.07, 6.45) is -3.07. The van der Waals surface area contributed by atoms with Gasteiger partial charge in [-0.15, -0.1) is 0 Å². The standard InChI is InChI=1S/C26H19F3N4/c1-16-6-10-18(11-7-16)24-23-20(26(27,28)29)15-22(21-5-3-4-14-30-21)31-25(23)33(32-24)19-12-8-17(2)9-13-19/h3-15H,1-2H3. The zero-order valence-electron chi connectivity index (χ0n) is 17.9. The van der Waals surface area contributed by atoms with Gasteiger partial charge in [-0.05, 0) is 44.2 Å². The van der Waals surface area contributed by atoms with Gasteiger partial charge in [0.25, 0.3) is 0 Å². The van der Waals surface area contributed by atoms with E-state index in [2.05, 4.69) is 15.1 Å². The van der Waals surface area contributed by atoms with Gasteiger partial charge in [0.05, 0.1) is 28.0 Å². The minimum Gasteiger partial charge on any atom is -0.255 e. The zero-order valence-corrected chi connectivity index (χ0v) is 17.9. The Kier molecular flexibility index (Phi) is 4.96. The number of alkyl halides is 3. The molecule has 0 atom stereocenters. The third-order valence-corrected chi connectivity index (χ3v) is 5.47. The third kappa shape index (κ3) is 3.86. The molecule has 0 aliphatic rings. The first kappa shape index (κ1) is 20.9. The third-order valence-electron chi connectivity index (χ3n) is 5.47. The fraction of sp³-hybridized carbons (Fsp3) is 0.115. The summed E-state index contributed by atoms with van der Waals surface area (Å²) in [4.78, 5) is 8.83. The molecule has 0 saturated carbocycles. The van der Waals surface area contributed by atoms with Crippen LogP contribution < -0.4 is 0 Å². The first-order valence-electron chi connectivity index (χ1n) is 10.4. The summed E-state index contributed by atoms with van der Waals surface area (Å²) in [5, 5.41) is 4.60. The number of rotatable bonds is 3. The van der Waals surface area contributed by atoms with E-state index in [1.807, 2.05) is 50.2 Å². The predicted molar refractivity (Wildman–Crippen MR) is 122 cm³/mol. The maximum atomic E-state index is 14.4. The fourth-order valence-electron chi connectivity index (χ4n) is 3.76. The molecule has 0 aliphatic carbocycles. The number of pyridine rings is 2. The lowest BCUT2D eigenvalue weighted by Crippen LogP contribution is -2.08. The highest BCUT2D eigenvalue weighted by molar-refractivity contribution is 5.96. The van der Waals surface area contributed by atoms with Gasteiger partial charge in [-0.25, -0.2) is 9.67 Å². The molecule has 0 radical (unpaired) electrons. The molecule has 0 bridgehead atoms. The minimum atomic E-state index is -4.61. The Morgan fingerprint density at radius 3 is 2.06 bits per heavy atom. The van der Waals surface area contributed by atoms with E-state index in [9.17, 15) is 13.2 Å². The van der Waals surface area contributed by atoms with E-state index in [-0.39, 0.29) is 22.4 Å². The molecule has 33 heavy (non-hydrogen) atoms. The number of aromatic nitrogens is 4. The fourth-order valence-corrected chi connectivity index (χ4v) is 3.76. The van der Waals surface area contributed by atoms with Crippen LogP contribution in [0, 0.1) is 13.8 Å². The molecular weight excluding hydrogens is 425 g/mol. The highest BCUT2D eigenvalue weighted by Gasteiger charge is 2.36. The summed E-state index contributed by atoms with van der Waals surface area (Å²) in [5.74, 6) is 0. The normalized spacial score (nSPS) is 11.8. The summed E-state index contributed by atoms with van der Waals surface area (Å²) in [6.45, 7) is 3.87. The van der Waals surface area contributed by atoms with Gasteiger partial charge in [-0.2, -0.15) is 18.3 Å². The van der Waals surface area contributed by atoms with E-state index < -0.39 is 11.7 Å². The molecule has 2 aromatic carbocycles. The highest BCUT2D eigenvalue weighted by Crippen LogP contribution is 2.41. The van der Waals surface area contributed by atoms with E-state index in [4.69, 9.17) is 0 Å². The average molecular weight is 444 g/mol. The number of fused-ring (bicyclic) bond motifs is 1. The molecule has 3 aromatic heterocycles. The van der Waals surface area contributed by atoms with Crippen LogP contribution in [0.15, 0.2) is 79.0 Å². The molecule has 3 heterocycles. The second-order valence-electron chi connectivity index (χ2n) is 7.93. The first-order valence-corrected chi connectivity index (χ1v) is 10.4. The molecule has 164 valence electrons. The smallest absolute Gasteiger partial charge is 0.255 e. The maximum Gasteiger partial charge on any atom is 0.417 e. The van der Waals surface area contributed by atoms with Gasteiger partial charge in [-0.1, -0.05) is 53.6 Å². The Bertz CT molecular complexity index is 1440. The second kappa shape index (κ2) is 7.85. The van der Waals surface area contributed by atoms with Gasteiger partial charge in [0.2, 0.25) is 0 Å². The largest absolute Gasteiger partial charge is 0.417 e. The summed E-state index contributed by atoms with van der Waals surface area (Å²) in [5.41, 5.74) is 3.33. The van der Waals surface area contributed by atoms with Crippen LogP contribution >= 0.6 is 0 Å². The lowest BCUT2D eigenvalue weighted by molar-refractivity contribution is -0.136. The van der Waals surface area contributed by atoms with E-state index >= 15 is 0 Å². The molecule has 7 heteroatoms. The lowest BCUT2D eigenvalue weighted by Gasteiger charge is -2.12. The Labute approximate surface area is 188 Å². The SMILES string of the molecule is Cc1ccc(-c2nn(-c3ccc(C)cc3)c3nc(-c4ccccn4)cc(C(F)(F)F)c23)cc1. The molecule has 0 saturated heterocycles. The highest BCUT2D eigenvalue weighted by atomic mass is 19.4. The van der Waals surface area contributed by atoms with Gasteiger partial charge >= 0.3 is 6.18 Å². The first-order chi connectivity index (χ1) is 15.8. The van der Waals surface area contributed by atoms with E-state index in [1.165, 1.54) is 10.9 Å². The van der Waals surface area contributed by atoms with Gasteiger partial charge in [0.15, 0.2) is 5.65 Å². The molecule has 0 aliphatic heterocycles. The van der Waals surface area contributed by atoms with Crippen molar-refractivity contribution in [1.82, 2.24) is 19.7 Å². The van der Waals surface area contributed by atoms with Crippen molar-refractivity contribution in [3.05, 3.63) is 95.7 Å². The molecular formula is C26H19F3N4. The van der Waals surface area contributed by atoms with Gasteiger partial charge < -0.3 is 0 Å². The molecule has 0 fully saturated rings. The van der Waals surface area contributed by atoms with Crippen molar-refractivity contribution in [3.8, 4) is 28.3 Å². The molecule has 5 rings (SSSR count). The molecule has 0 amide bonds. The van der Waals surface area contributed by atoms with Crippen LogP contribution in [0.4, 0.5) is 13.2 Å². The topological polar surface area (TPSA) is 43.6 Å². The van der Waals surface area contributed by atoms with Crippen molar-refractivity contribution >= 4 is 11.0 Å². The Morgan fingerprint density at radius 2 is 1.45 bits per heavy atom. The van der Waals surface area contributed by atoms with Crippen molar-refractivity contribution in [3.63, 3.8) is 0 Å². The number of nitrogens with zero attached hydrogens (tertiary/aromatic N) is 4. The summed E-state index contributed by atoms with van der Waals surface area (Å²) < 4.78 is 44.5. The van der Waals surface area contributed by atoms with Crippen LogP contribution in [-0.2, 0) is 6.18 Å². The molecule has 0 spiro atoms. The minimum absolute atomic E-state index is 0.0355. The molecule has 4 nitrogen and oxygen atoms in total. The predicted octanol–water partition coefficient (Wildman–Crippen LogP) is 6.79. The zero-order chi connectivity index (χ0) is 23.2. The van der Waals surface area contributed by atoms with Gasteiger partial charge in [-0.3, -0.25) is 4.98 Å². The van der Waals surface area contributed by atoms with Crippen LogP contribution in [0.25, 0.3) is 39.4 Å². The van der Waals surface area contributed by atoms with Crippen LogP contribution in [0.2, 0.25) is 0 Å². The van der Waals surface area contributed by atoms with E-state index in [0.29, 0.717) is 16.9 Å². The number of benzene rings is 2.